The standard InChI is InChI=1S/C50H33N5/c1-5-16-35(17-6-1)44-33-45(52-47(51-44)37-20-9-3-10-21-37)41-25-15-24-40(32-41)34-28-30-39(31-29-34)49-53-48(38-22-11-4-12-23-38)54-50-43-27-14-13-26-42(43)46(55(49)50)36-18-7-2-8-19-36/h1-33H. The second-order valence-electron chi connectivity index (χ2n) is 13.5. The first kappa shape index (κ1) is 32.2. The van der Waals surface area contributed by atoms with Crippen molar-refractivity contribution in [1.82, 2.24) is 24.3 Å². The number of fused-ring (bicyclic) bond motifs is 3. The van der Waals surface area contributed by atoms with Crippen molar-refractivity contribution in [3.05, 3.63) is 200 Å². The van der Waals surface area contributed by atoms with E-state index in [-0.39, 0.29) is 0 Å². The largest absolute Gasteiger partial charge is 0.277 e. The highest BCUT2D eigenvalue weighted by atomic mass is 15.1. The van der Waals surface area contributed by atoms with Gasteiger partial charge in [0.1, 0.15) is 11.5 Å². The van der Waals surface area contributed by atoms with Gasteiger partial charge in [0.2, 0.25) is 0 Å². The van der Waals surface area contributed by atoms with Crippen LogP contribution in [-0.4, -0.2) is 24.3 Å². The van der Waals surface area contributed by atoms with Gasteiger partial charge in [0.25, 0.3) is 0 Å². The van der Waals surface area contributed by atoms with Crippen LogP contribution in [-0.2, 0) is 0 Å². The maximum absolute atomic E-state index is 5.28. The average molecular weight is 704 g/mol. The van der Waals surface area contributed by atoms with Crippen LogP contribution in [0.1, 0.15) is 0 Å². The minimum atomic E-state index is 0.692. The van der Waals surface area contributed by atoms with Crippen LogP contribution in [0.4, 0.5) is 0 Å². The molecule has 3 aromatic heterocycles. The zero-order valence-corrected chi connectivity index (χ0v) is 29.8. The molecule has 7 aromatic carbocycles. The van der Waals surface area contributed by atoms with Crippen LogP contribution in [0.2, 0.25) is 0 Å². The molecule has 55 heavy (non-hydrogen) atoms. The Morgan fingerprint density at radius 1 is 0.291 bits per heavy atom. The summed E-state index contributed by atoms with van der Waals surface area (Å²) in [6.07, 6.45) is 0. The van der Waals surface area contributed by atoms with E-state index in [4.69, 9.17) is 19.9 Å². The van der Waals surface area contributed by atoms with E-state index in [1.165, 1.54) is 0 Å². The second kappa shape index (κ2) is 13.8. The third kappa shape index (κ3) is 6.04. The Morgan fingerprint density at radius 3 is 1.40 bits per heavy atom. The van der Waals surface area contributed by atoms with E-state index in [0.29, 0.717) is 11.6 Å². The molecule has 0 aliphatic carbocycles. The fraction of sp³-hybridized carbons (Fsp3) is 0. The Kier molecular flexibility index (Phi) is 8.08. The maximum Gasteiger partial charge on any atom is 0.163 e. The van der Waals surface area contributed by atoms with E-state index < -0.39 is 0 Å². The Labute approximate surface area is 319 Å². The smallest absolute Gasteiger partial charge is 0.163 e. The molecule has 0 unspecified atom stereocenters. The molecule has 0 aliphatic heterocycles. The Morgan fingerprint density at radius 2 is 0.764 bits per heavy atom. The summed E-state index contributed by atoms with van der Waals surface area (Å²) in [5.41, 5.74) is 12.0. The Bertz CT molecular complexity index is 2880. The normalized spacial score (nSPS) is 11.3. The molecule has 0 atom stereocenters. The lowest BCUT2D eigenvalue weighted by Gasteiger charge is -2.13. The van der Waals surface area contributed by atoms with Gasteiger partial charge in [-0.15, -0.1) is 0 Å². The molecule has 0 bridgehead atoms. The highest BCUT2D eigenvalue weighted by Crippen LogP contribution is 2.38. The number of benzene rings is 7. The van der Waals surface area contributed by atoms with Gasteiger partial charge in [-0.2, -0.15) is 0 Å². The van der Waals surface area contributed by atoms with Crippen molar-refractivity contribution in [2.45, 2.75) is 0 Å². The van der Waals surface area contributed by atoms with Crippen LogP contribution in [0.25, 0.3) is 95.5 Å². The molecule has 10 aromatic rings. The van der Waals surface area contributed by atoms with Crippen LogP contribution in [0.15, 0.2) is 200 Å². The zero-order chi connectivity index (χ0) is 36.6. The van der Waals surface area contributed by atoms with Gasteiger partial charge in [-0.25, -0.2) is 19.9 Å². The van der Waals surface area contributed by atoms with Gasteiger partial charge < -0.3 is 0 Å². The molecule has 5 nitrogen and oxygen atoms in total. The van der Waals surface area contributed by atoms with Crippen molar-refractivity contribution >= 4 is 16.4 Å². The van der Waals surface area contributed by atoms with E-state index in [1.807, 2.05) is 54.6 Å². The topological polar surface area (TPSA) is 56.0 Å². The highest BCUT2D eigenvalue weighted by Gasteiger charge is 2.21. The van der Waals surface area contributed by atoms with E-state index in [0.717, 1.165) is 83.8 Å². The maximum atomic E-state index is 5.28. The molecule has 0 radical (unpaired) electrons. The summed E-state index contributed by atoms with van der Waals surface area (Å²) in [6.45, 7) is 0. The summed E-state index contributed by atoms with van der Waals surface area (Å²) in [4.78, 5) is 20.5. The predicted molar refractivity (Wildman–Crippen MR) is 224 cm³/mol. The third-order valence-electron chi connectivity index (χ3n) is 10.0. The lowest BCUT2D eigenvalue weighted by Crippen LogP contribution is -2.03. The summed E-state index contributed by atoms with van der Waals surface area (Å²) >= 11 is 0. The van der Waals surface area contributed by atoms with Gasteiger partial charge in [-0.05, 0) is 28.8 Å². The van der Waals surface area contributed by atoms with E-state index in [2.05, 4.69) is 150 Å². The lowest BCUT2D eigenvalue weighted by molar-refractivity contribution is 1.05. The molecule has 5 heteroatoms. The van der Waals surface area contributed by atoms with Gasteiger partial charge in [0.05, 0.1) is 17.1 Å². The molecule has 0 N–H and O–H groups in total. The number of nitrogens with zero attached hydrogens (tertiary/aromatic N) is 5. The van der Waals surface area contributed by atoms with Gasteiger partial charge in [-0.3, -0.25) is 4.40 Å². The summed E-state index contributed by atoms with van der Waals surface area (Å²) in [6, 6.07) is 69.1. The van der Waals surface area contributed by atoms with Crippen LogP contribution >= 0.6 is 0 Å². The van der Waals surface area contributed by atoms with Gasteiger partial charge in [-0.1, -0.05) is 188 Å². The molecule has 0 saturated heterocycles. The number of hydrogen-bond acceptors (Lipinski definition) is 4. The predicted octanol–water partition coefficient (Wildman–Crippen LogP) is 12.3. The summed E-state index contributed by atoms with van der Waals surface area (Å²) in [5.74, 6) is 2.23. The van der Waals surface area contributed by atoms with Crippen LogP contribution < -0.4 is 0 Å². The van der Waals surface area contributed by atoms with Gasteiger partial charge >= 0.3 is 0 Å². The quantitative estimate of drug-likeness (QED) is 0.166. The lowest BCUT2D eigenvalue weighted by atomic mass is 9.99. The van der Waals surface area contributed by atoms with Crippen LogP contribution in [0.3, 0.4) is 0 Å². The summed E-state index contributed by atoms with van der Waals surface area (Å²) in [7, 11) is 0. The summed E-state index contributed by atoms with van der Waals surface area (Å²) < 4.78 is 2.23. The van der Waals surface area contributed by atoms with E-state index in [9.17, 15) is 0 Å². The first-order valence-electron chi connectivity index (χ1n) is 18.4. The van der Waals surface area contributed by atoms with Gasteiger partial charge in [0, 0.05) is 38.6 Å². The minimum absolute atomic E-state index is 0.692. The van der Waals surface area contributed by atoms with E-state index >= 15 is 0 Å². The minimum Gasteiger partial charge on any atom is -0.277 e. The molecule has 10 rings (SSSR count). The Balaban J connectivity index is 1.10. The molecular weight excluding hydrogens is 671 g/mol. The molecule has 0 saturated carbocycles. The number of rotatable bonds is 7. The van der Waals surface area contributed by atoms with Crippen molar-refractivity contribution in [3.8, 4) is 79.1 Å². The average Bonchev–Trinajstić information content (AvgIpc) is 3.61. The van der Waals surface area contributed by atoms with Crippen molar-refractivity contribution in [3.63, 3.8) is 0 Å². The van der Waals surface area contributed by atoms with E-state index in [1.54, 1.807) is 0 Å². The monoisotopic (exact) mass is 703 g/mol. The zero-order valence-electron chi connectivity index (χ0n) is 29.8. The second-order valence-corrected chi connectivity index (χ2v) is 13.5. The fourth-order valence-electron chi connectivity index (χ4n) is 7.35. The van der Waals surface area contributed by atoms with Crippen molar-refractivity contribution < 1.29 is 0 Å². The molecule has 258 valence electrons. The van der Waals surface area contributed by atoms with Crippen LogP contribution in [0, 0.1) is 0 Å². The SMILES string of the molecule is c1ccc(-c2cc(-c3cccc(-c4ccc(-c5nc(-c6ccccc6)nc6c7ccccc7c(-c7ccccc7)n56)cc4)c3)nc(-c3ccccc3)n2)cc1. The Hall–Kier alpha value is -7.50. The molecular formula is C50H33N5. The number of aromatic nitrogens is 5. The van der Waals surface area contributed by atoms with Crippen molar-refractivity contribution in [2.24, 2.45) is 0 Å². The first-order valence-corrected chi connectivity index (χ1v) is 18.4. The molecule has 0 fully saturated rings. The summed E-state index contributed by atoms with van der Waals surface area (Å²) in [5, 5.41) is 2.23. The molecule has 0 aliphatic rings. The van der Waals surface area contributed by atoms with Crippen LogP contribution in [0.5, 0.6) is 0 Å². The van der Waals surface area contributed by atoms with Crippen molar-refractivity contribution in [2.75, 3.05) is 0 Å². The fourth-order valence-corrected chi connectivity index (χ4v) is 7.35. The first-order chi connectivity index (χ1) is 27.3. The molecule has 0 amide bonds. The third-order valence-corrected chi connectivity index (χ3v) is 10.0. The van der Waals surface area contributed by atoms with Gasteiger partial charge in [0.15, 0.2) is 11.6 Å². The molecule has 0 spiro atoms. The molecule has 3 heterocycles. The highest BCUT2D eigenvalue weighted by molar-refractivity contribution is 6.06. The number of hydrogen-bond donors (Lipinski definition) is 0. The van der Waals surface area contributed by atoms with Crippen molar-refractivity contribution in [1.29, 1.82) is 0 Å².